The van der Waals surface area contributed by atoms with Crippen LogP contribution in [0.15, 0.2) is 59.8 Å². The minimum Gasteiger partial charge on any atom is -0.468 e. The van der Waals surface area contributed by atoms with Crippen LogP contribution in [-0.4, -0.2) is 11.7 Å². The van der Waals surface area contributed by atoms with E-state index in [1.165, 1.54) is 5.56 Å². The molecule has 2 heterocycles. The molecule has 26 heavy (non-hydrogen) atoms. The van der Waals surface area contributed by atoms with Crippen molar-refractivity contribution in [1.29, 1.82) is 0 Å². The molecule has 0 unspecified atom stereocenters. The van der Waals surface area contributed by atoms with Gasteiger partial charge in [0, 0.05) is 23.6 Å². The zero-order chi connectivity index (χ0) is 18.3. The van der Waals surface area contributed by atoms with Crippen molar-refractivity contribution in [2.24, 2.45) is 0 Å². The summed E-state index contributed by atoms with van der Waals surface area (Å²) in [6, 6.07) is 16.0. The largest absolute Gasteiger partial charge is 0.468 e. The van der Waals surface area contributed by atoms with Gasteiger partial charge in [-0.3, -0.25) is 0 Å². The Kier molecular flexibility index (Phi) is 3.98. The molecule has 2 aromatic carbocycles. The Morgan fingerprint density at radius 2 is 1.92 bits per heavy atom. The molecule has 134 valence electrons. The molecule has 4 heteroatoms. The number of carbonyl (C=O) groups excluding carboxylic acids is 1. The van der Waals surface area contributed by atoms with Crippen LogP contribution in [0.25, 0.3) is 0 Å². The summed E-state index contributed by atoms with van der Waals surface area (Å²) in [5.41, 5.74) is 4.26. The minimum atomic E-state index is -0.496. The second kappa shape index (κ2) is 6.20. The zero-order valence-electron chi connectivity index (χ0n) is 15.3. The van der Waals surface area contributed by atoms with E-state index in [4.69, 9.17) is 9.47 Å². The molecule has 4 rings (SSSR count). The highest BCUT2D eigenvalue weighted by molar-refractivity contribution is 5.91. The van der Waals surface area contributed by atoms with Crippen LogP contribution in [-0.2, 0) is 16.1 Å². The standard InChI is InChI=1S/C22H23NO3/c1-14-8-10-16(11-9-14)13-25-21(24)20-15(2)23-22(3)12-18(20)17-6-4-5-7-19(17)26-22/h4-11,18,23H,12-13H2,1-3H3/t18-,22-/m0/s1. The van der Waals surface area contributed by atoms with Gasteiger partial charge < -0.3 is 14.8 Å². The Bertz CT molecular complexity index is 885. The third-order valence-corrected chi connectivity index (χ3v) is 5.14. The summed E-state index contributed by atoms with van der Waals surface area (Å²) in [5.74, 6) is 0.547. The summed E-state index contributed by atoms with van der Waals surface area (Å²) in [4.78, 5) is 12.9. The summed E-state index contributed by atoms with van der Waals surface area (Å²) < 4.78 is 11.8. The van der Waals surface area contributed by atoms with Crippen LogP contribution < -0.4 is 10.1 Å². The van der Waals surface area contributed by atoms with Crippen LogP contribution >= 0.6 is 0 Å². The molecule has 0 fully saturated rings. The molecule has 0 aliphatic carbocycles. The van der Waals surface area contributed by atoms with Gasteiger partial charge in [-0.2, -0.15) is 0 Å². The number of rotatable bonds is 3. The molecule has 0 saturated heterocycles. The van der Waals surface area contributed by atoms with Crippen LogP contribution in [0.2, 0.25) is 0 Å². The van der Waals surface area contributed by atoms with E-state index < -0.39 is 5.72 Å². The normalized spacial score (nSPS) is 23.6. The van der Waals surface area contributed by atoms with E-state index in [0.717, 1.165) is 22.6 Å². The third-order valence-electron chi connectivity index (χ3n) is 5.14. The van der Waals surface area contributed by atoms with Crippen molar-refractivity contribution in [3.63, 3.8) is 0 Å². The maximum atomic E-state index is 12.9. The predicted molar refractivity (Wildman–Crippen MR) is 99.6 cm³/mol. The van der Waals surface area contributed by atoms with Gasteiger partial charge in [-0.05, 0) is 32.4 Å². The van der Waals surface area contributed by atoms with E-state index >= 15 is 0 Å². The molecule has 0 amide bonds. The third kappa shape index (κ3) is 2.96. The van der Waals surface area contributed by atoms with Gasteiger partial charge in [0.1, 0.15) is 12.4 Å². The fourth-order valence-corrected chi connectivity index (χ4v) is 3.91. The minimum absolute atomic E-state index is 0.0169. The van der Waals surface area contributed by atoms with Gasteiger partial charge in [0.25, 0.3) is 0 Å². The number of carbonyl (C=O) groups is 1. The van der Waals surface area contributed by atoms with Gasteiger partial charge >= 0.3 is 5.97 Å². The first-order chi connectivity index (χ1) is 12.5. The van der Waals surface area contributed by atoms with Crippen LogP contribution in [0.3, 0.4) is 0 Å². The summed E-state index contributed by atoms with van der Waals surface area (Å²) in [5, 5.41) is 3.36. The number of esters is 1. The molecule has 1 N–H and O–H groups in total. The number of para-hydroxylation sites is 1. The van der Waals surface area contributed by atoms with E-state index in [-0.39, 0.29) is 18.5 Å². The lowest BCUT2D eigenvalue weighted by Gasteiger charge is -2.45. The SMILES string of the molecule is CC1=C(C(=O)OCc2ccc(C)cc2)[C@H]2C[C@@](C)(N1)Oc1ccccc12. The Hall–Kier alpha value is -2.75. The first-order valence-corrected chi connectivity index (χ1v) is 8.95. The molecular formula is C22H23NO3. The van der Waals surface area contributed by atoms with E-state index in [0.29, 0.717) is 12.0 Å². The fraction of sp³-hybridized carbons (Fsp3) is 0.318. The van der Waals surface area contributed by atoms with E-state index in [9.17, 15) is 4.79 Å². The van der Waals surface area contributed by atoms with E-state index in [2.05, 4.69) is 5.32 Å². The van der Waals surface area contributed by atoms with E-state index in [1.54, 1.807) is 0 Å². The van der Waals surface area contributed by atoms with Gasteiger partial charge in [0.15, 0.2) is 5.72 Å². The second-order valence-corrected chi connectivity index (χ2v) is 7.35. The van der Waals surface area contributed by atoms with Crippen LogP contribution in [0.5, 0.6) is 5.75 Å². The molecule has 0 spiro atoms. The molecule has 0 saturated carbocycles. The Labute approximate surface area is 153 Å². The molecule has 2 aliphatic rings. The van der Waals surface area contributed by atoms with Crippen LogP contribution in [0.4, 0.5) is 0 Å². The van der Waals surface area contributed by atoms with Crippen molar-refractivity contribution in [2.45, 2.75) is 45.4 Å². The highest BCUT2D eigenvalue weighted by Gasteiger charge is 2.45. The molecule has 0 radical (unpaired) electrons. The van der Waals surface area contributed by atoms with Gasteiger partial charge in [-0.1, -0.05) is 48.0 Å². The molecule has 2 aromatic rings. The van der Waals surface area contributed by atoms with Crippen molar-refractivity contribution >= 4 is 5.97 Å². The monoisotopic (exact) mass is 349 g/mol. The van der Waals surface area contributed by atoms with Crippen LogP contribution in [0, 0.1) is 6.92 Å². The topological polar surface area (TPSA) is 47.6 Å². The molecule has 0 aromatic heterocycles. The van der Waals surface area contributed by atoms with E-state index in [1.807, 2.05) is 69.3 Å². The van der Waals surface area contributed by atoms with Crippen molar-refractivity contribution in [2.75, 3.05) is 0 Å². The highest BCUT2D eigenvalue weighted by atomic mass is 16.5. The first kappa shape index (κ1) is 16.7. The number of allylic oxidation sites excluding steroid dienone is 1. The average Bonchev–Trinajstić information content (AvgIpc) is 2.60. The number of aryl methyl sites for hydroxylation is 1. The molecular weight excluding hydrogens is 326 g/mol. The quantitative estimate of drug-likeness (QED) is 0.844. The van der Waals surface area contributed by atoms with Crippen LogP contribution in [0.1, 0.15) is 42.9 Å². The summed E-state index contributed by atoms with van der Waals surface area (Å²) >= 11 is 0. The smallest absolute Gasteiger partial charge is 0.336 e. The number of hydrogen-bond acceptors (Lipinski definition) is 4. The second-order valence-electron chi connectivity index (χ2n) is 7.35. The van der Waals surface area contributed by atoms with Crippen molar-refractivity contribution < 1.29 is 14.3 Å². The maximum absolute atomic E-state index is 12.9. The number of hydrogen-bond donors (Lipinski definition) is 1. The van der Waals surface area contributed by atoms with Crippen molar-refractivity contribution in [3.8, 4) is 5.75 Å². The predicted octanol–water partition coefficient (Wildman–Crippen LogP) is 4.20. The summed E-state index contributed by atoms with van der Waals surface area (Å²) in [6.45, 7) is 6.26. The Balaban J connectivity index is 1.60. The van der Waals surface area contributed by atoms with Gasteiger partial charge in [0.05, 0.1) is 5.57 Å². The number of benzene rings is 2. The maximum Gasteiger partial charge on any atom is 0.336 e. The average molecular weight is 349 g/mol. The number of nitrogens with one attached hydrogen (secondary N) is 1. The van der Waals surface area contributed by atoms with Gasteiger partial charge in [-0.25, -0.2) is 4.79 Å². The lowest BCUT2D eigenvalue weighted by Crippen LogP contribution is -2.54. The molecule has 2 bridgehead atoms. The van der Waals surface area contributed by atoms with Crippen molar-refractivity contribution in [1.82, 2.24) is 5.32 Å². The Morgan fingerprint density at radius 3 is 2.69 bits per heavy atom. The highest BCUT2D eigenvalue weighted by Crippen LogP contribution is 2.47. The summed E-state index contributed by atoms with van der Waals surface area (Å²) in [6.07, 6.45) is 0.705. The lowest BCUT2D eigenvalue weighted by molar-refractivity contribution is -0.141. The lowest BCUT2D eigenvalue weighted by atomic mass is 9.78. The van der Waals surface area contributed by atoms with Crippen molar-refractivity contribution in [3.05, 3.63) is 76.5 Å². The zero-order valence-corrected chi connectivity index (χ0v) is 15.3. The first-order valence-electron chi connectivity index (χ1n) is 8.95. The molecule has 2 atom stereocenters. The van der Waals surface area contributed by atoms with Gasteiger partial charge in [0.2, 0.25) is 0 Å². The Morgan fingerprint density at radius 1 is 1.19 bits per heavy atom. The number of ether oxygens (including phenoxy) is 2. The fourth-order valence-electron chi connectivity index (χ4n) is 3.91. The molecule has 4 nitrogen and oxygen atoms in total. The van der Waals surface area contributed by atoms with Gasteiger partial charge in [-0.15, -0.1) is 0 Å². The summed E-state index contributed by atoms with van der Waals surface area (Å²) in [7, 11) is 0. The number of fused-ring (bicyclic) bond motifs is 4. The molecule has 2 aliphatic heterocycles.